The third-order valence-corrected chi connectivity index (χ3v) is 7.91. The Morgan fingerprint density at radius 1 is 0.886 bits per heavy atom. The Hall–Kier alpha value is -2.02. The molecule has 1 amide bonds. The van der Waals surface area contributed by atoms with Crippen molar-refractivity contribution >= 4 is 30.3 Å². The lowest BCUT2D eigenvalue weighted by Crippen LogP contribution is -2.47. The van der Waals surface area contributed by atoms with Crippen molar-refractivity contribution in [3.63, 3.8) is 0 Å². The van der Waals surface area contributed by atoms with Gasteiger partial charge in [-0.1, -0.05) is 48.0 Å². The lowest BCUT2D eigenvalue weighted by atomic mass is 9.67. The van der Waals surface area contributed by atoms with Crippen molar-refractivity contribution < 1.29 is 18.8 Å². The molecule has 188 valence electrons. The Morgan fingerprint density at radius 2 is 1.34 bits per heavy atom. The van der Waals surface area contributed by atoms with Crippen LogP contribution in [0.1, 0.15) is 72.4 Å². The molecule has 0 atom stereocenters. The molecule has 2 heterocycles. The standard InChI is InChI=1S/C28H37BClNO4/c1-25(2,3)33-24(32)31-18-16-28(17-19-31,21-10-14-23(30)15-11-21)20-8-12-22(13-9-20)29-34-26(4,5)27(6,7)35-29/h8-15H,16-19H2,1-7H3. The summed E-state index contributed by atoms with van der Waals surface area (Å²) in [6.45, 7) is 15.2. The molecule has 0 spiro atoms. The van der Waals surface area contributed by atoms with Gasteiger partial charge in [-0.3, -0.25) is 0 Å². The quantitative estimate of drug-likeness (QED) is 0.491. The molecule has 0 N–H and O–H groups in total. The normalized spacial score (nSPS) is 21.1. The van der Waals surface area contributed by atoms with Crippen LogP contribution in [-0.2, 0) is 19.5 Å². The number of hydrogen-bond acceptors (Lipinski definition) is 4. The molecule has 2 saturated heterocycles. The van der Waals surface area contributed by atoms with Gasteiger partial charge in [0.25, 0.3) is 0 Å². The van der Waals surface area contributed by atoms with Crippen LogP contribution in [0.3, 0.4) is 0 Å². The zero-order chi connectivity index (χ0) is 25.6. The maximum absolute atomic E-state index is 12.7. The zero-order valence-corrected chi connectivity index (χ0v) is 22.7. The summed E-state index contributed by atoms with van der Waals surface area (Å²) in [6, 6.07) is 16.7. The van der Waals surface area contributed by atoms with Gasteiger partial charge in [-0.15, -0.1) is 0 Å². The molecule has 2 aromatic rings. The molecule has 0 unspecified atom stereocenters. The van der Waals surface area contributed by atoms with Gasteiger partial charge >= 0.3 is 13.2 Å². The first-order chi connectivity index (χ1) is 16.2. The molecular weight excluding hydrogens is 461 g/mol. The van der Waals surface area contributed by atoms with E-state index in [1.54, 1.807) is 0 Å². The Morgan fingerprint density at radius 3 is 1.80 bits per heavy atom. The maximum atomic E-state index is 12.7. The van der Waals surface area contributed by atoms with E-state index in [0.717, 1.165) is 18.3 Å². The lowest BCUT2D eigenvalue weighted by molar-refractivity contribution is 0.00578. The smallest absolute Gasteiger partial charge is 0.444 e. The van der Waals surface area contributed by atoms with E-state index in [2.05, 4.69) is 64.1 Å². The van der Waals surface area contributed by atoms with Crippen LogP contribution in [0.15, 0.2) is 48.5 Å². The molecule has 4 rings (SSSR count). The fourth-order valence-electron chi connectivity index (χ4n) is 4.85. The molecule has 2 aliphatic heterocycles. The third kappa shape index (κ3) is 5.25. The van der Waals surface area contributed by atoms with E-state index < -0.39 is 12.7 Å². The number of ether oxygens (including phenoxy) is 1. The minimum absolute atomic E-state index is 0.225. The van der Waals surface area contributed by atoms with Gasteiger partial charge < -0.3 is 18.9 Å². The fraction of sp³-hybridized carbons (Fsp3) is 0.536. The SMILES string of the molecule is CC(C)(C)OC(=O)N1CCC(c2ccc(Cl)cc2)(c2ccc(B3OC(C)(C)C(C)(C)O3)cc2)CC1. The minimum Gasteiger partial charge on any atom is -0.444 e. The number of rotatable bonds is 3. The van der Waals surface area contributed by atoms with E-state index in [9.17, 15) is 4.79 Å². The number of nitrogens with zero attached hydrogens (tertiary/aromatic N) is 1. The van der Waals surface area contributed by atoms with E-state index in [0.29, 0.717) is 18.1 Å². The molecule has 35 heavy (non-hydrogen) atoms. The van der Waals surface area contributed by atoms with Crippen molar-refractivity contribution in [3.8, 4) is 0 Å². The molecule has 2 aromatic carbocycles. The second-order valence-corrected chi connectivity index (χ2v) is 12.2. The number of amides is 1. The van der Waals surface area contributed by atoms with Gasteiger partial charge in [0.2, 0.25) is 0 Å². The van der Waals surface area contributed by atoms with E-state index >= 15 is 0 Å². The van der Waals surface area contributed by atoms with Crippen molar-refractivity contribution in [1.82, 2.24) is 4.90 Å². The summed E-state index contributed by atoms with van der Waals surface area (Å²) >= 11 is 6.21. The fourth-order valence-corrected chi connectivity index (χ4v) is 4.97. The summed E-state index contributed by atoms with van der Waals surface area (Å²) in [5.41, 5.74) is 1.93. The maximum Gasteiger partial charge on any atom is 0.494 e. The van der Waals surface area contributed by atoms with Crippen molar-refractivity contribution in [1.29, 1.82) is 0 Å². The minimum atomic E-state index is -0.509. The monoisotopic (exact) mass is 497 g/mol. The number of hydrogen-bond donors (Lipinski definition) is 0. The van der Waals surface area contributed by atoms with E-state index in [1.165, 1.54) is 11.1 Å². The van der Waals surface area contributed by atoms with Gasteiger partial charge in [0, 0.05) is 23.5 Å². The summed E-state index contributed by atoms with van der Waals surface area (Å²) in [4.78, 5) is 14.5. The van der Waals surface area contributed by atoms with Crippen LogP contribution in [0.25, 0.3) is 0 Å². The molecular formula is C28H37BClNO4. The van der Waals surface area contributed by atoms with E-state index in [-0.39, 0.29) is 22.7 Å². The van der Waals surface area contributed by atoms with Gasteiger partial charge in [0.05, 0.1) is 11.2 Å². The number of carbonyl (C=O) groups excluding carboxylic acids is 1. The van der Waals surface area contributed by atoms with Crippen LogP contribution in [0.5, 0.6) is 0 Å². The third-order valence-electron chi connectivity index (χ3n) is 7.65. The molecule has 2 fully saturated rings. The molecule has 2 aliphatic rings. The molecule has 0 aliphatic carbocycles. The van der Waals surface area contributed by atoms with Crippen LogP contribution >= 0.6 is 11.6 Å². The Balaban J connectivity index is 1.60. The Kier molecular flexibility index (Phi) is 6.80. The first-order valence-corrected chi connectivity index (χ1v) is 12.8. The van der Waals surface area contributed by atoms with Gasteiger partial charge in [0.1, 0.15) is 5.60 Å². The van der Waals surface area contributed by atoms with Crippen molar-refractivity contribution in [2.75, 3.05) is 13.1 Å². The molecule has 0 saturated carbocycles. The lowest BCUT2D eigenvalue weighted by Gasteiger charge is -2.43. The second-order valence-electron chi connectivity index (χ2n) is 11.8. The number of benzene rings is 2. The number of piperidine rings is 1. The highest BCUT2D eigenvalue weighted by molar-refractivity contribution is 6.62. The summed E-state index contributed by atoms with van der Waals surface area (Å²) in [5, 5.41) is 0.714. The first-order valence-electron chi connectivity index (χ1n) is 12.4. The summed E-state index contributed by atoms with van der Waals surface area (Å²) in [7, 11) is -0.394. The van der Waals surface area contributed by atoms with E-state index in [4.69, 9.17) is 25.6 Å². The molecule has 0 aromatic heterocycles. The highest BCUT2D eigenvalue weighted by atomic mass is 35.5. The Labute approximate surface area is 215 Å². The highest BCUT2D eigenvalue weighted by Gasteiger charge is 2.51. The van der Waals surface area contributed by atoms with E-state index in [1.807, 2.05) is 37.8 Å². The van der Waals surface area contributed by atoms with Crippen LogP contribution < -0.4 is 5.46 Å². The number of likely N-dealkylation sites (tertiary alicyclic amines) is 1. The van der Waals surface area contributed by atoms with Crippen LogP contribution in [0.4, 0.5) is 4.79 Å². The van der Waals surface area contributed by atoms with Crippen molar-refractivity contribution in [2.24, 2.45) is 0 Å². The largest absolute Gasteiger partial charge is 0.494 e. The molecule has 5 nitrogen and oxygen atoms in total. The summed E-state index contributed by atoms with van der Waals surface area (Å²) < 4.78 is 18.1. The molecule has 0 bridgehead atoms. The zero-order valence-electron chi connectivity index (χ0n) is 22.0. The first kappa shape index (κ1) is 26.1. The predicted molar refractivity (Wildman–Crippen MR) is 141 cm³/mol. The summed E-state index contributed by atoms with van der Waals surface area (Å²) in [5.74, 6) is 0. The average molecular weight is 498 g/mol. The van der Waals surface area contributed by atoms with Crippen LogP contribution in [0.2, 0.25) is 5.02 Å². The van der Waals surface area contributed by atoms with Gasteiger partial charge in [0.15, 0.2) is 0 Å². The van der Waals surface area contributed by atoms with Gasteiger partial charge in [-0.2, -0.15) is 0 Å². The van der Waals surface area contributed by atoms with Gasteiger partial charge in [-0.25, -0.2) is 4.79 Å². The highest BCUT2D eigenvalue weighted by Crippen LogP contribution is 2.42. The number of halogens is 1. The predicted octanol–water partition coefficient (Wildman–Crippen LogP) is 5.96. The summed E-state index contributed by atoms with van der Waals surface area (Å²) in [6.07, 6.45) is 1.34. The number of carbonyl (C=O) groups is 1. The van der Waals surface area contributed by atoms with Crippen LogP contribution in [-0.4, -0.2) is 48.0 Å². The van der Waals surface area contributed by atoms with Crippen molar-refractivity contribution in [2.45, 2.75) is 83.5 Å². The van der Waals surface area contributed by atoms with Crippen LogP contribution in [0, 0.1) is 0 Å². The van der Waals surface area contributed by atoms with Gasteiger partial charge in [-0.05, 0) is 90.0 Å². The topological polar surface area (TPSA) is 48.0 Å². The second kappa shape index (κ2) is 9.13. The molecule has 7 heteroatoms. The van der Waals surface area contributed by atoms with Crippen molar-refractivity contribution in [3.05, 3.63) is 64.7 Å². The molecule has 0 radical (unpaired) electrons. The average Bonchev–Trinajstić information content (AvgIpc) is 3.00. The Bertz CT molecular complexity index is 1040.